The Hall–Kier alpha value is 0.380. The smallest absolute Gasteiger partial charge is 0.377 e. The molecule has 0 aliphatic rings. The third-order valence-electron chi connectivity index (χ3n) is 0.833. The van der Waals surface area contributed by atoms with Crippen LogP contribution in [0.25, 0.3) is 0 Å². The summed E-state index contributed by atoms with van der Waals surface area (Å²) in [7, 11) is 3.30. The summed E-state index contributed by atoms with van der Waals surface area (Å²) in [5.41, 5.74) is 5.28. The lowest BCUT2D eigenvalue weighted by atomic mass is 10.4. The molecule has 0 aromatic rings. The second-order valence-electron chi connectivity index (χ2n) is 1.73. The molecule has 0 rings (SSSR count). The zero-order valence-electron chi connectivity index (χ0n) is 6.69. The van der Waals surface area contributed by atoms with Crippen LogP contribution in [-0.4, -0.2) is 29.4 Å². The minimum Gasteiger partial charge on any atom is -0.460 e. The summed E-state index contributed by atoms with van der Waals surface area (Å²) < 4.78 is 4.34. The van der Waals surface area contributed by atoms with Gasteiger partial charge >= 0.3 is 5.30 Å². The Morgan fingerprint density at radius 2 is 2.15 bits per heavy atom. The van der Waals surface area contributed by atoms with E-state index in [-0.39, 0.29) is 12.4 Å². The number of carbonyl (C=O) groups excluding carboxylic acids is 2. The molecule has 0 saturated carbocycles. The van der Waals surface area contributed by atoms with E-state index in [0.29, 0.717) is 5.75 Å². The molecule has 78 valence electrons. The van der Waals surface area contributed by atoms with Crippen LogP contribution in [-0.2, 0) is 9.53 Å². The standard InChI is InChI=1S/C5H8ClNO3S2.ClH/c1-10-5(9)12-11-2-3(7)4(6)8;/h3H,2,7H2,1H3;1H/t3-;/m0./s1. The Balaban J connectivity index is 0. The van der Waals surface area contributed by atoms with E-state index in [0.717, 1.165) is 21.6 Å². The Labute approximate surface area is 95.1 Å². The van der Waals surface area contributed by atoms with E-state index in [9.17, 15) is 9.59 Å². The van der Waals surface area contributed by atoms with Gasteiger partial charge in [-0.2, -0.15) is 0 Å². The first-order chi connectivity index (χ1) is 5.57. The lowest BCUT2D eigenvalue weighted by Gasteiger charge is -2.03. The second kappa shape index (κ2) is 8.96. The molecule has 0 saturated heterocycles. The number of rotatable bonds is 4. The maximum Gasteiger partial charge on any atom is 0.377 e. The van der Waals surface area contributed by atoms with E-state index >= 15 is 0 Å². The predicted molar refractivity (Wildman–Crippen MR) is 58.5 cm³/mol. The minimum atomic E-state index is -0.728. The number of methoxy groups -OCH3 is 1. The molecule has 0 bridgehead atoms. The Morgan fingerprint density at radius 3 is 2.54 bits per heavy atom. The molecule has 0 heterocycles. The molecule has 0 fully saturated rings. The van der Waals surface area contributed by atoms with Gasteiger partial charge in [-0.15, -0.1) is 12.4 Å². The van der Waals surface area contributed by atoms with Gasteiger partial charge in [-0.25, -0.2) is 4.79 Å². The van der Waals surface area contributed by atoms with Crippen LogP contribution in [0.1, 0.15) is 0 Å². The van der Waals surface area contributed by atoms with Gasteiger partial charge in [0.1, 0.15) is 0 Å². The van der Waals surface area contributed by atoms with Crippen molar-refractivity contribution >= 4 is 56.1 Å². The van der Waals surface area contributed by atoms with Crippen LogP contribution in [0.5, 0.6) is 0 Å². The van der Waals surface area contributed by atoms with Gasteiger partial charge in [0.2, 0.25) is 5.24 Å². The number of halogens is 2. The van der Waals surface area contributed by atoms with Crippen molar-refractivity contribution in [2.24, 2.45) is 5.73 Å². The highest BCUT2D eigenvalue weighted by atomic mass is 35.5. The minimum absolute atomic E-state index is 0. The van der Waals surface area contributed by atoms with E-state index in [1.54, 1.807) is 0 Å². The summed E-state index contributed by atoms with van der Waals surface area (Å²) in [6.45, 7) is 0. The number of hydrogen-bond acceptors (Lipinski definition) is 6. The van der Waals surface area contributed by atoms with Crippen molar-refractivity contribution in [2.45, 2.75) is 6.04 Å². The molecule has 0 amide bonds. The SMILES string of the molecule is COC(=O)SSC[C@H](N)C(=O)Cl.Cl. The normalized spacial score (nSPS) is 11.3. The average molecular weight is 266 g/mol. The van der Waals surface area contributed by atoms with E-state index in [4.69, 9.17) is 17.3 Å². The lowest BCUT2D eigenvalue weighted by molar-refractivity contribution is -0.112. The lowest BCUT2D eigenvalue weighted by Crippen LogP contribution is -2.29. The van der Waals surface area contributed by atoms with Crippen molar-refractivity contribution in [1.82, 2.24) is 0 Å². The molecule has 0 aliphatic carbocycles. The number of hydrogen-bond donors (Lipinski definition) is 1. The van der Waals surface area contributed by atoms with Crippen molar-refractivity contribution in [2.75, 3.05) is 12.9 Å². The molecule has 0 aromatic heterocycles. The highest BCUT2D eigenvalue weighted by molar-refractivity contribution is 8.82. The van der Waals surface area contributed by atoms with Crippen LogP contribution in [0.4, 0.5) is 4.79 Å². The van der Waals surface area contributed by atoms with Crippen LogP contribution in [0.3, 0.4) is 0 Å². The maximum atomic E-state index is 10.5. The van der Waals surface area contributed by atoms with Crippen molar-refractivity contribution in [3.8, 4) is 0 Å². The van der Waals surface area contributed by atoms with Gasteiger partial charge in [-0.1, -0.05) is 10.8 Å². The molecule has 2 N–H and O–H groups in total. The molecule has 0 aromatic carbocycles. The first-order valence-electron chi connectivity index (χ1n) is 2.90. The molecule has 1 atom stereocenters. The summed E-state index contributed by atoms with van der Waals surface area (Å²) in [5, 5.41) is -1.03. The topological polar surface area (TPSA) is 69.4 Å². The van der Waals surface area contributed by atoms with Crippen molar-refractivity contribution in [3.63, 3.8) is 0 Å². The predicted octanol–water partition coefficient (Wildman–Crippen LogP) is 1.65. The monoisotopic (exact) mass is 265 g/mol. The quantitative estimate of drug-likeness (QED) is 0.474. The third-order valence-corrected chi connectivity index (χ3v) is 3.20. The first-order valence-corrected chi connectivity index (χ1v) is 5.60. The maximum absolute atomic E-state index is 10.5. The van der Waals surface area contributed by atoms with E-state index in [1.165, 1.54) is 7.11 Å². The summed E-state index contributed by atoms with van der Waals surface area (Å²) in [4.78, 5) is 20.9. The number of nitrogens with two attached hydrogens (primary N) is 1. The first kappa shape index (κ1) is 15.8. The van der Waals surface area contributed by atoms with Crippen molar-refractivity contribution in [3.05, 3.63) is 0 Å². The van der Waals surface area contributed by atoms with Crippen LogP contribution < -0.4 is 5.73 Å². The van der Waals surface area contributed by atoms with Gasteiger partial charge < -0.3 is 10.5 Å². The molecule has 0 radical (unpaired) electrons. The highest BCUT2D eigenvalue weighted by Gasteiger charge is 2.11. The molecule has 0 aliphatic heterocycles. The summed E-state index contributed by atoms with van der Waals surface area (Å²) in [5.74, 6) is 0.294. The fourth-order valence-corrected chi connectivity index (χ4v) is 2.09. The Morgan fingerprint density at radius 1 is 1.62 bits per heavy atom. The number of ether oxygens (including phenoxy) is 1. The molecule has 0 spiro atoms. The zero-order chi connectivity index (χ0) is 9.56. The van der Waals surface area contributed by atoms with Gasteiger partial charge in [0.15, 0.2) is 0 Å². The summed E-state index contributed by atoms with van der Waals surface area (Å²) in [6.07, 6.45) is 0. The van der Waals surface area contributed by atoms with Gasteiger partial charge in [0.25, 0.3) is 0 Å². The van der Waals surface area contributed by atoms with Crippen LogP contribution in [0, 0.1) is 0 Å². The van der Waals surface area contributed by atoms with E-state index in [2.05, 4.69) is 4.74 Å². The van der Waals surface area contributed by atoms with Gasteiger partial charge in [-0.3, -0.25) is 4.79 Å². The fraction of sp³-hybridized carbons (Fsp3) is 0.600. The molecular formula is C5H9Cl2NO3S2. The zero-order valence-corrected chi connectivity index (χ0v) is 9.89. The molecule has 4 nitrogen and oxygen atoms in total. The van der Waals surface area contributed by atoms with E-state index in [1.807, 2.05) is 0 Å². The molecule has 8 heteroatoms. The van der Waals surface area contributed by atoms with Gasteiger partial charge in [0.05, 0.1) is 13.2 Å². The molecular weight excluding hydrogens is 257 g/mol. The Kier molecular flexibility index (Phi) is 10.9. The van der Waals surface area contributed by atoms with Crippen LogP contribution in [0.2, 0.25) is 0 Å². The van der Waals surface area contributed by atoms with Crippen LogP contribution in [0.15, 0.2) is 0 Å². The molecule has 0 unspecified atom stereocenters. The van der Waals surface area contributed by atoms with Gasteiger partial charge in [-0.05, 0) is 11.6 Å². The van der Waals surface area contributed by atoms with Crippen molar-refractivity contribution in [1.29, 1.82) is 0 Å². The Bertz CT molecular complexity index is 181. The van der Waals surface area contributed by atoms with Crippen LogP contribution >= 0.6 is 45.6 Å². The van der Waals surface area contributed by atoms with E-state index < -0.39 is 16.6 Å². The average Bonchev–Trinajstić information content (AvgIpc) is 2.03. The largest absolute Gasteiger partial charge is 0.460 e. The third kappa shape index (κ3) is 8.70. The second-order valence-corrected chi connectivity index (χ2v) is 4.38. The summed E-state index contributed by atoms with van der Waals surface area (Å²) in [6, 6.07) is -0.728. The van der Waals surface area contributed by atoms with Gasteiger partial charge in [0, 0.05) is 16.5 Å². The highest BCUT2D eigenvalue weighted by Crippen LogP contribution is 2.23. The molecule has 13 heavy (non-hydrogen) atoms. The number of carbonyl (C=O) groups is 2. The summed E-state index contributed by atoms with van der Waals surface area (Å²) >= 11 is 5.07. The van der Waals surface area contributed by atoms with Crippen molar-refractivity contribution < 1.29 is 14.3 Å². The fourth-order valence-electron chi connectivity index (χ4n) is 0.255.